The van der Waals surface area contributed by atoms with Crippen molar-refractivity contribution in [2.75, 3.05) is 27.4 Å². The summed E-state index contributed by atoms with van der Waals surface area (Å²) in [5, 5.41) is 2.34. The van der Waals surface area contributed by atoms with E-state index in [1.54, 1.807) is 0 Å². The summed E-state index contributed by atoms with van der Waals surface area (Å²) >= 11 is 0. The van der Waals surface area contributed by atoms with Gasteiger partial charge in [0.05, 0.1) is 38.9 Å². The molecule has 2 rings (SSSR count). The summed E-state index contributed by atoms with van der Waals surface area (Å²) in [4.78, 5) is 52.4. The first-order valence-corrected chi connectivity index (χ1v) is 11.8. The number of carbonyl (C=O) groups excluding carboxylic acids is 4. The first-order valence-electron chi connectivity index (χ1n) is 11.8. The highest BCUT2D eigenvalue weighted by Crippen LogP contribution is 2.42. The molecule has 200 valence electrons. The number of carbonyl (C=O) groups is 4. The van der Waals surface area contributed by atoms with Gasteiger partial charge in [0.15, 0.2) is 17.3 Å². The molecule has 37 heavy (non-hydrogen) atoms. The molecule has 0 aliphatic rings. The maximum absolute atomic E-state index is 13.9. The number of nitrogens with one attached hydrogen (secondary N) is 1. The van der Waals surface area contributed by atoms with Gasteiger partial charge in [-0.3, -0.25) is 9.59 Å². The third-order valence-corrected chi connectivity index (χ3v) is 5.60. The monoisotopic (exact) mass is 515 g/mol. The normalized spacial score (nSPS) is 11.6. The smallest absolute Gasteiger partial charge is 0.344 e. The number of ether oxygens (including phenoxy) is 5. The standard InChI is InChI=1S/C27H33NO9/c1-7-35-25(31)27(28-18(4)29,26(32)36-8-2)17(3)22(30)20-14-15-21(33-5)24(34-6)23(20)37-16-19-12-10-9-11-13-19/h9-15,17H,7-8,16H2,1-6H3,(H,28,29)/t17-/m1/s1. The first-order chi connectivity index (χ1) is 17.7. The molecular weight excluding hydrogens is 482 g/mol. The molecule has 1 N–H and O–H groups in total. The van der Waals surface area contributed by atoms with E-state index in [9.17, 15) is 19.2 Å². The Labute approximate surface area is 216 Å². The second kappa shape index (κ2) is 13.3. The van der Waals surface area contributed by atoms with Gasteiger partial charge in [0, 0.05) is 6.92 Å². The van der Waals surface area contributed by atoms with Crippen LogP contribution in [0, 0.1) is 5.92 Å². The minimum absolute atomic E-state index is 0.00408. The average Bonchev–Trinajstić information content (AvgIpc) is 2.89. The fourth-order valence-electron chi connectivity index (χ4n) is 3.81. The fourth-order valence-corrected chi connectivity index (χ4v) is 3.81. The minimum atomic E-state index is -2.43. The lowest BCUT2D eigenvalue weighted by Gasteiger charge is -2.34. The quantitative estimate of drug-likeness (QED) is 0.243. The second-order valence-corrected chi connectivity index (χ2v) is 7.97. The van der Waals surface area contributed by atoms with E-state index in [-0.39, 0.29) is 36.9 Å². The largest absolute Gasteiger partial charge is 0.493 e. The molecule has 0 saturated carbocycles. The predicted molar refractivity (Wildman–Crippen MR) is 134 cm³/mol. The third-order valence-electron chi connectivity index (χ3n) is 5.60. The van der Waals surface area contributed by atoms with Crippen molar-refractivity contribution in [3.05, 3.63) is 53.6 Å². The molecule has 1 atom stereocenters. The van der Waals surface area contributed by atoms with E-state index in [2.05, 4.69) is 5.32 Å². The fraction of sp³-hybridized carbons (Fsp3) is 0.407. The molecule has 0 aromatic heterocycles. The maximum atomic E-state index is 13.9. The van der Waals surface area contributed by atoms with Crippen LogP contribution < -0.4 is 19.5 Å². The van der Waals surface area contributed by atoms with Gasteiger partial charge in [-0.15, -0.1) is 0 Å². The van der Waals surface area contributed by atoms with Gasteiger partial charge in [-0.2, -0.15) is 0 Å². The summed E-state index contributed by atoms with van der Waals surface area (Å²) in [6.45, 7) is 5.44. The van der Waals surface area contributed by atoms with E-state index in [0.29, 0.717) is 5.75 Å². The van der Waals surface area contributed by atoms with Crippen molar-refractivity contribution in [3.8, 4) is 17.2 Å². The molecule has 0 fully saturated rings. The van der Waals surface area contributed by atoms with Gasteiger partial charge in [-0.25, -0.2) is 9.59 Å². The Morgan fingerprint density at radius 2 is 1.46 bits per heavy atom. The molecule has 0 saturated heterocycles. The lowest BCUT2D eigenvalue weighted by molar-refractivity contribution is -0.170. The second-order valence-electron chi connectivity index (χ2n) is 7.97. The highest BCUT2D eigenvalue weighted by molar-refractivity contribution is 6.15. The summed E-state index contributed by atoms with van der Waals surface area (Å²) in [6.07, 6.45) is 0. The van der Waals surface area contributed by atoms with Crippen molar-refractivity contribution in [1.82, 2.24) is 5.32 Å². The minimum Gasteiger partial charge on any atom is -0.493 e. The Morgan fingerprint density at radius 3 is 1.95 bits per heavy atom. The topological polar surface area (TPSA) is 126 Å². The molecule has 0 unspecified atom stereocenters. The lowest BCUT2D eigenvalue weighted by atomic mass is 9.79. The van der Waals surface area contributed by atoms with Crippen molar-refractivity contribution in [3.63, 3.8) is 0 Å². The molecular formula is C27H33NO9. The molecule has 2 aromatic rings. The van der Waals surface area contributed by atoms with E-state index >= 15 is 0 Å². The van der Waals surface area contributed by atoms with Crippen LogP contribution in [-0.4, -0.2) is 56.6 Å². The van der Waals surface area contributed by atoms with Crippen LogP contribution in [0.4, 0.5) is 0 Å². The summed E-state index contributed by atoms with van der Waals surface area (Å²) in [6, 6.07) is 12.2. The average molecular weight is 516 g/mol. The number of amides is 1. The Hall–Kier alpha value is -4.08. The van der Waals surface area contributed by atoms with Crippen LogP contribution in [0.3, 0.4) is 0 Å². The third kappa shape index (κ3) is 6.38. The molecule has 0 aliphatic carbocycles. The van der Waals surface area contributed by atoms with Crippen LogP contribution in [0.5, 0.6) is 17.2 Å². The number of methoxy groups -OCH3 is 2. The van der Waals surface area contributed by atoms with Crippen molar-refractivity contribution >= 4 is 23.6 Å². The first kappa shape index (κ1) is 29.2. The summed E-state index contributed by atoms with van der Waals surface area (Å²) < 4.78 is 27.1. The van der Waals surface area contributed by atoms with E-state index in [1.807, 2.05) is 30.3 Å². The van der Waals surface area contributed by atoms with Gasteiger partial charge >= 0.3 is 11.9 Å². The lowest BCUT2D eigenvalue weighted by Crippen LogP contribution is -2.66. The number of ketones is 1. The Bertz CT molecular complexity index is 1100. The number of esters is 2. The molecule has 0 spiro atoms. The highest BCUT2D eigenvalue weighted by Gasteiger charge is 2.57. The zero-order valence-corrected chi connectivity index (χ0v) is 21.9. The van der Waals surface area contributed by atoms with Gasteiger partial charge in [0.2, 0.25) is 17.2 Å². The molecule has 0 radical (unpaired) electrons. The van der Waals surface area contributed by atoms with Crippen LogP contribution in [-0.2, 0) is 30.5 Å². The molecule has 10 heteroatoms. The van der Waals surface area contributed by atoms with Gasteiger partial charge in [0.1, 0.15) is 6.61 Å². The van der Waals surface area contributed by atoms with Crippen LogP contribution in [0.15, 0.2) is 42.5 Å². The van der Waals surface area contributed by atoms with E-state index < -0.39 is 35.1 Å². The maximum Gasteiger partial charge on any atom is 0.344 e. The number of benzene rings is 2. The van der Waals surface area contributed by atoms with Gasteiger partial charge in [-0.05, 0) is 31.5 Å². The number of Topliss-reactive ketones (excluding diaryl/α,β-unsaturated/α-hetero) is 1. The van der Waals surface area contributed by atoms with Crippen LogP contribution in [0.1, 0.15) is 43.6 Å². The van der Waals surface area contributed by atoms with E-state index in [1.165, 1.54) is 47.1 Å². The van der Waals surface area contributed by atoms with Crippen LogP contribution in [0.2, 0.25) is 0 Å². The number of rotatable bonds is 13. The molecule has 0 aliphatic heterocycles. The Morgan fingerprint density at radius 1 is 0.865 bits per heavy atom. The zero-order valence-electron chi connectivity index (χ0n) is 21.9. The van der Waals surface area contributed by atoms with Crippen molar-refractivity contribution in [2.24, 2.45) is 5.92 Å². The number of hydrogen-bond donors (Lipinski definition) is 1. The van der Waals surface area contributed by atoms with Gasteiger partial charge in [0.25, 0.3) is 0 Å². The predicted octanol–water partition coefficient (Wildman–Crippen LogP) is 3.10. The molecule has 1 amide bonds. The van der Waals surface area contributed by atoms with Gasteiger partial charge < -0.3 is 29.0 Å². The van der Waals surface area contributed by atoms with E-state index in [4.69, 9.17) is 23.7 Å². The van der Waals surface area contributed by atoms with Gasteiger partial charge in [-0.1, -0.05) is 37.3 Å². The van der Waals surface area contributed by atoms with Crippen molar-refractivity contribution in [2.45, 2.75) is 39.8 Å². The number of hydrogen-bond acceptors (Lipinski definition) is 9. The zero-order chi connectivity index (χ0) is 27.6. The summed E-state index contributed by atoms with van der Waals surface area (Å²) in [7, 11) is 2.83. The van der Waals surface area contributed by atoms with Crippen LogP contribution >= 0.6 is 0 Å². The molecule has 10 nitrogen and oxygen atoms in total. The Kier molecular flexibility index (Phi) is 10.5. The SMILES string of the molecule is CCOC(=O)C(NC(C)=O)(C(=O)OCC)[C@H](C)C(=O)c1ccc(OC)c(OC)c1OCc1ccccc1. The summed E-state index contributed by atoms with van der Waals surface area (Å²) in [5.41, 5.74) is -1.60. The van der Waals surface area contributed by atoms with E-state index in [0.717, 1.165) is 12.5 Å². The molecule has 2 aromatic carbocycles. The molecule has 0 bridgehead atoms. The Balaban J connectivity index is 2.67. The van der Waals surface area contributed by atoms with Crippen molar-refractivity contribution < 1.29 is 42.9 Å². The molecule has 0 heterocycles. The highest BCUT2D eigenvalue weighted by atomic mass is 16.6. The van der Waals surface area contributed by atoms with Crippen LogP contribution in [0.25, 0.3) is 0 Å². The van der Waals surface area contributed by atoms with Crippen molar-refractivity contribution in [1.29, 1.82) is 0 Å². The summed E-state index contributed by atoms with van der Waals surface area (Å²) in [5.74, 6) is -4.60.